The molecule has 3 aromatic rings. The van der Waals surface area contributed by atoms with E-state index < -0.39 is 0 Å². The average Bonchev–Trinajstić information content (AvgIpc) is 3.11. The number of aromatic nitrogens is 4. The van der Waals surface area contributed by atoms with Gasteiger partial charge in [-0.1, -0.05) is 6.07 Å². The third kappa shape index (κ3) is 4.51. The quantitative estimate of drug-likeness (QED) is 0.677. The molecule has 1 N–H and O–H groups in total. The maximum absolute atomic E-state index is 12.8. The number of ether oxygens (including phenoxy) is 1. The number of nitrogens with one attached hydrogen (secondary N) is 1. The van der Waals surface area contributed by atoms with Gasteiger partial charge in [-0.15, -0.1) is 0 Å². The number of hydrogen-bond acceptors (Lipinski definition) is 6. The third-order valence-electron chi connectivity index (χ3n) is 5.52. The first-order valence-electron chi connectivity index (χ1n) is 10.7. The number of aryl methyl sites for hydroxylation is 4. The SMILES string of the molecule is COc1ccc(C)cc1NC(=O)N1CCN(c2cc(-n3nc(C)cc3C)nc(C)n2)CC1. The van der Waals surface area contributed by atoms with Gasteiger partial charge in [-0.25, -0.2) is 19.4 Å². The van der Waals surface area contributed by atoms with E-state index >= 15 is 0 Å². The van der Waals surface area contributed by atoms with Gasteiger partial charge >= 0.3 is 6.03 Å². The van der Waals surface area contributed by atoms with Crippen LogP contribution in [0.15, 0.2) is 30.3 Å². The first-order chi connectivity index (χ1) is 15.3. The first kappa shape index (κ1) is 21.6. The van der Waals surface area contributed by atoms with Crippen LogP contribution in [0.2, 0.25) is 0 Å². The minimum atomic E-state index is -0.129. The largest absolute Gasteiger partial charge is 0.495 e. The number of anilines is 2. The normalized spacial score (nSPS) is 13.9. The molecule has 0 radical (unpaired) electrons. The summed E-state index contributed by atoms with van der Waals surface area (Å²) in [6, 6.07) is 9.59. The number of nitrogens with zero attached hydrogens (tertiary/aromatic N) is 6. The Kier molecular flexibility index (Phi) is 5.98. The van der Waals surface area contributed by atoms with Gasteiger partial charge in [-0.3, -0.25) is 0 Å². The van der Waals surface area contributed by atoms with E-state index in [9.17, 15) is 4.79 Å². The number of piperazine rings is 1. The number of carbonyl (C=O) groups is 1. The molecule has 32 heavy (non-hydrogen) atoms. The van der Waals surface area contributed by atoms with Crippen molar-refractivity contribution in [2.75, 3.05) is 43.5 Å². The number of urea groups is 1. The highest BCUT2D eigenvalue weighted by atomic mass is 16.5. The molecule has 1 aliphatic heterocycles. The number of methoxy groups -OCH3 is 1. The number of benzene rings is 1. The van der Waals surface area contributed by atoms with E-state index in [0.717, 1.165) is 28.6 Å². The highest BCUT2D eigenvalue weighted by Gasteiger charge is 2.23. The fourth-order valence-corrected chi connectivity index (χ4v) is 3.92. The van der Waals surface area contributed by atoms with Crippen LogP contribution in [0, 0.1) is 27.7 Å². The number of amides is 2. The topological polar surface area (TPSA) is 88.4 Å². The fourth-order valence-electron chi connectivity index (χ4n) is 3.92. The van der Waals surface area contributed by atoms with Crippen molar-refractivity contribution in [2.24, 2.45) is 0 Å². The molecule has 2 aromatic heterocycles. The van der Waals surface area contributed by atoms with E-state index in [2.05, 4.69) is 25.3 Å². The summed E-state index contributed by atoms with van der Waals surface area (Å²) in [4.78, 5) is 26.0. The summed E-state index contributed by atoms with van der Waals surface area (Å²) in [5, 5.41) is 7.52. The maximum Gasteiger partial charge on any atom is 0.322 e. The smallest absolute Gasteiger partial charge is 0.322 e. The van der Waals surface area contributed by atoms with E-state index in [-0.39, 0.29) is 6.03 Å². The Morgan fingerprint density at radius 2 is 1.69 bits per heavy atom. The zero-order chi connectivity index (χ0) is 22.8. The molecule has 1 aliphatic rings. The molecule has 1 aromatic carbocycles. The molecule has 0 aliphatic carbocycles. The summed E-state index contributed by atoms with van der Waals surface area (Å²) in [5.41, 5.74) is 3.72. The second-order valence-corrected chi connectivity index (χ2v) is 8.08. The molecule has 0 bridgehead atoms. The molecule has 1 fully saturated rings. The van der Waals surface area contributed by atoms with Crippen LogP contribution in [-0.2, 0) is 0 Å². The summed E-state index contributed by atoms with van der Waals surface area (Å²) < 4.78 is 7.21. The van der Waals surface area contributed by atoms with Crippen molar-refractivity contribution < 1.29 is 9.53 Å². The molecule has 2 amide bonds. The summed E-state index contributed by atoms with van der Waals surface area (Å²) in [5.74, 6) is 2.94. The summed E-state index contributed by atoms with van der Waals surface area (Å²) >= 11 is 0. The van der Waals surface area contributed by atoms with Gasteiger partial charge in [0.15, 0.2) is 5.82 Å². The van der Waals surface area contributed by atoms with Gasteiger partial charge in [0.25, 0.3) is 0 Å². The predicted octanol–water partition coefficient (Wildman–Crippen LogP) is 3.26. The first-order valence-corrected chi connectivity index (χ1v) is 10.7. The molecule has 4 rings (SSSR count). The van der Waals surface area contributed by atoms with Gasteiger partial charge in [-0.2, -0.15) is 5.10 Å². The highest BCUT2D eigenvalue weighted by Crippen LogP contribution is 2.26. The second kappa shape index (κ2) is 8.86. The van der Waals surface area contributed by atoms with Gasteiger partial charge in [0.1, 0.15) is 17.4 Å². The van der Waals surface area contributed by atoms with E-state index in [0.29, 0.717) is 43.4 Å². The zero-order valence-corrected chi connectivity index (χ0v) is 19.2. The van der Waals surface area contributed by atoms with Gasteiger partial charge in [0, 0.05) is 37.9 Å². The number of rotatable bonds is 4. The minimum Gasteiger partial charge on any atom is -0.495 e. The molecule has 0 saturated carbocycles. The number of carbonyl (C=O) groups excluding carboxylic acids is 1. The Morgan fingerprint density at radius 1 is 0.969 bits per heavy atom. The van der Waals surface area contributed by atoms with Gasteiger partial charge in [0.2, 0.25) is 0 Å². The molecule has 1 saturated heterocycles. The molecule has 0 spiro atoms. The Hall–Kier alpha value is -3.62. The van der Waals surface area contributed by atoms with Crippen molar-refractivity contribution in [3.8, 4) is 11.6 Å². The number of hydrogen-bond donors (Lipinski definition) is 1. The van der Waals surface area contributed by atoms with Crippen LogP contribution in [0.25, 0.3) is 5.82 Å². The zero-order valence-electron chi connectivity index (χ0n) is 19.2. The van der Waals surface area contributed by atoms with Crippen LogP contribution in [0.1, 0.15) is 22.8 Å². The lowest BCUT2D eigenvalue weighted by molar-refractivity contribution is 0.208. The molecular formula is C23H29N7O2. The standard InChI is InChI=1S/C23H29N7O2/c1-15-6-7-20(32-5)19(12-15)26-23(31)29-10-8-28(9-11-29)21-14-22(25-18(4)24-21)30-17(3)13-16(2)27-30/h6-7,12-14H,8-11H2,1-5H3,(H,26,31). The van der Waals surface area contributed by atoms with E-state index in [4.69, 9.17) is 4.74 Å². The molecule has 9 heteroatoms. The van der Waals surface area contributed by atoms with E-state index in [1.165, 1.54) is 0 Å². The highest BCUT2D eigenvalue weighted by molar-refractivity contribution is 5.91. The molecule has 3 heterocycles. The van der Waals surface area contributed by atoms with E-state index in [1.807, 2.05) is 67.6 Å². The van der Waals surface area contributed by atoms with Crippen molar-refractivity contribution in [2.45, 2.75) is 27.7 Å². The van der Waals surface area contributed by atoms with Crippen LogP contribution >= 0.6 is 0 Å². The maximum atomic E-state index is 12.8. The van der Waals surface area contributed by atoms with Crippen LogP contribution in [-0.4, -0.2) is 64.0 Å². The van der Waals surface area contributed by atoms with Crippen LogP contribution in [0.3, 0.4) is 0 Å². The lowest BCUT2D eigenvalue weighted by Crippen LogP contribution is -2.50. The monoisotopic (exact) mass is 435 g/mol. The molecule has 0 unspecified atom stereocenters. The van der Waals surface area contributed by atoms with Crippen molar-refractivity contribution >= 4 is 17.5 Å². The molecule has 168 valence electrons. The van der Waals surface area contributed by atoms with Crippen molar-refractivity contribution in [1.82, 2.24) is 24.6 Å². The predicted molar refractivity (Wildman–Crippen MR) is 124 cm³/mol. The molecule has 0 atom stereocenters. The van der Waals surface area contributed by atoms with Crippen LogP contribution in [0.5, 0.6) is 5.75 Å². The summed E-state index contributed by atoms with van der Waals surface area (Å²) in [6.45, 7) is 10.4. The van der Waals surface area contributed by atoms with Gasteiger partial charge in [0.05, 0.1) is 18.5 Å². The van der Waals surface area contributed by atoms with Crippen molar-refractivity contribution in [3.05, 3.63) is 53.1 Å². The fraction of sp³-hybridized carbons (Fsp3) is 0.391. The minimum absolute atomic E-state index is 0.129. The average molecular weight is 436 g/mol. The lowest BCUT2D eigenvalue weighted by atomic mass is 10.2. The second-order valence-electron chi connectivity index (χ2n) is 8.08. The molecule has 9 nitrogen and oxygen atoms in total. The van der Waals surface area contributed by atoms with E-state index in [1.54, 1.807) is 7.11 Å². The Balaban J connectivity index is 1.44. The van der Waals surface area contributed by atoms with Crippen LogP contribution < -0.4 is 15.0 Å². The summed E-state index contributed by atoms with van der Waals surface area (Å²) in [6.07, 6.45) is 0. The van der Waals surface area contributed by atoms with Crippen LogP contribution in [0.4, 0.5) is 16.3 Å². The lowest BCUT2D eigenvalue weighted by Gasteiger charge is -2.35. The van der Waals surface area contributed by atoms with Crippen molar-refractivity contribution in [1.29, 1.82) is 0 Å². The molecular weight excluding hydrogens is 406 g/mol. The van der Waals surface area contributed by atoms with Gasteiger partial charge < -0.3 is 19.9 Å². The summed E-state index contributed by atoms with van der Waals surface area (Å²) in [7, 11) is 1.60. The van der Waals surface area contributed by atoms with Gasteiger partial charge in [-0.05, 0) is 51.5 Å². The Morgan fingerprint density at radius 3 is 2.34 bits per heavy atom. The third-order valence-corrected chi connectivity index (χ3v) is 5.52. The Labute approximate surface area is 188 Å². The van der Waals surface area contributed by atoms with Crippen molar-refractivity contribution in [3.63, 3.8) is 0 Å². The Bertz CT molecular complexity index is 1130.